The highest BCUT2D eigenvalue weighted by atomic mass is 16.6. The molecule has 0 fully saturated rings. The number of hydrogen-bond donors (Lipinski definition) is 0. The van der Waals surface area contributed by atoms with Crippen LogP contribution in [0, 0.1) is 0 Å². The lowest BCUT2D eigenvalue weighted by Crippen LogP contribution is -2.25. The highest BCUT2D eigenvalue weighted by Gasteiger charge is 2.36. The Balaban J connectivity index is 2.31. The fourth-order valence-corrected chi connectivity index (χ4v) is 1.25. The van der Waals surface area contributed by atoms with Crippen LogP contribution in [0.4, 0.5) is 0 Å². The summed E-state index contributed by atoms with van der Waals surface area (Å²) >= 11 is 0. The number of cyclic esters (lactones) is 1. The van der Waals surface area contributed by atoms with Crippen LogP contribution in [0.1, 0.15) is 27.2 Å². The summed E-state index contributed by atoms with van der Waals surface area (Å²) in [6.45, 7) is 5.34. The minimum Gasteiger partial charge on any atom is -0.462 e. The number of carbonyl (C=O) groups is 2. The van der Waals surface area contributed by atoms with Gasteiger partial charge in [0, 0.05) is 6.08 Å². The number of hydrogen-bond acceptors (Lipinski definition) is 5. The average molecular weight is 251 g/mol. The molecule has 0 saturated heterocycles. The Morgan fingerprint density at radius 3 is 2.72 bits per heavy atom. The van der Waals surface area contributed by atoms with Crippen LogP contribution in [-0.4, -0.2) is 30.0 Å². The summed E-state index contributed by atoms with van der Waals surface area (Å²) in [5.74, 6) is -0.496. The topological polar surface area (TPSA) is 65.0 Å². The zero-order chi connectivity index (χ0) is 13.6. The van der Waals surface area contributed by atoms with Crippen LogP contribution in [0.3, 0.4) is 0 Å². The van der Waals surface area contributed by atoms with Crippen molar-refractivity contribution in [1.29, 1.82) is 0 Å². The maximum Gasteiger partial charge on any atom is 0.340 e. The van der Waals surface area contributed by atoms with Gasteiger partial charge in [0.1, 0.15) is 6.61 Å². The molecule has 0 atom stereocenters. The third kappa shape index (κ3) is 4.16. The third-order valence-corrected chi connectivity index (χ3v) is 2.21. The van der Waals surface area contributed by atoms with E-state index in [0.29, 0.717) is 12.3 Å². The molecule has 0 radical (unpaired) electrons. The van der Waals surface area contributed by atoms with E-state index in [-0.39, 0.29) is 12.6 Å². The van der Waals surface area contributed by atoms with Crippen LogP contribution in [-0.2, 0) is 19.1 Å². The Bertz CT molecular complexity index is 419. The van der Waals surface area contributed by atoms with E-state index >= 15 is 0 Å². The number of nitrogens with zero attached hydrogens (tertiary/aromatic N) is 1. The first-order valence-electron chi connectivity index (χ1n) is 5.73. The van der Waals surface area contributed by atoms with Gasteiger partial charge in [-0.2, -0.15) is 0 Å². The van der Waals surface area contributed by atoms with Crippen molar-refractivity contribution in [1.82, 2.24) is 0 Å². The molecule has 0 aliphatic carbocycles. The van der Waals surface area contributed by atoms with Crippen molar-refractivity contribution >= 4 is 17.8 Å². The molecule has 98 valence electrons. The average Bonchev–Trinajstić information content (AvgIpc) is 2.53. The Morgan fingerprint density at radius 1 is 1.44 bits per heavy atom. The second kappa shape index (κ2) is 6.14. The van der Waals surface area contributed by atoms with Gasteiger partial charge in [0.15, 0.2) is 11.4 Å². The van der Waals surface area contributed by atoms with Crippen LogP contribution >= 0.6 is 0 Å². The predicted molar refractivity (Wildman–Crippen MR) is 67.1 cm³/mol. The maximum absolute atomic E-state index is 11.3. The van der Waals surface area contributed by atoms with Crippen molar-refractivity contribution in [3.05, 3.63) is 24.3 Å². The van der Waals surface area contributed by atoms with Gasteiger partial charge in [-0.3, -0.25) is 0 Å². The van der Waals surface area contributed by atoms with Gasteiger partial charge in [-0.15, -0.1) is 0 Å². The number of rotatable bonds is 5. The van der Waals surface area contributed by atoms with Crippen LogP contribution in [0.5, 0.6) is 0 Å². The van der Waals surface area contributed by atoms with Crippen molar-refractivity contribution in [2.75, 3.05) is 6.61 Å². The van der Waals surface area contributed by atoms with Crippen molar-refractivity contribution < 1.29 is 19.1 Å². The fourth-order valence-electron chi connectivity index (χ4n) is 1.25. The van der Waals surface area contributed by atoms with Crippen molar-refractivity contribution in [2.45, 2.75) is 32.7 Å². The summed E-state index contributed by atoms with van der Waals surface area (Å²) in [6, 6.07) is 0. The molecule has 5 heteroatoms. The molecule has 0 amide bonds. The van der Waals surface area contributed by atoms with E-state index in [1.165, 1.54) is 6.08 Å². The van der Waals surface area contributed by atoms with Crippen molar-refractivity contribution in [3.8, 4) is 0 Å². The monoisotopic (exact) mass is 251 g/mol. The van der Waals surface area contributed by atoms with Crippen LogP contribution in [0.25, 0.3) is 0 Å². The molecule has 5 nitrogen and oxygen atoms in total. The molecule has 18 heavy (non-hydrogen) atoms. The van der Waals surface area contributed by atoms with Gasteiger partial charge in [-0.25, -0.2) is 14.6 Å². The summed E-state index contributed by atoms with van der Waals surface area (Å²) in [4.78, 5) is 26.6. The molecule has 1 aliphatic heterocycles. The zero-order valence-electron chi connectivity index (χ0n) is 10.8. The number of allylic oxidation sites excluding steroid dienone is 3. The van der Waals surface area contributed by atoms with E-state index < -0.39 is 11.5 Å². The zero-order valence-corrected chi connectivity index (χ0v) is 10.8. The molecule has 0 saturated carbocycles. The fraction of sp³-hybridized carbons (Fsp3) is 0.462. The van der Waals surface area contributed by atoms with Gasteiger partial charge in [0.25, 0.3) is 0 Å². The molecule has 0 bridgehead atoms. The number of esters is 2. The molecular weight excluding hydrogens is 234 g/mol. The van der Waals surface area contributed by atoms with Crippen LogP contribution < -0.4 is 0 Å². The summed E-state index contributed by atoms with van der Waals surface area (Å²) in [5.41, 5.74) is -0.828. The Hall–Kier alpha value is -1.91. The lowest BCUT2D eigenvalue weighted by molar-refractivity contribution is -0.138. The maximum atomic E-state index is 11.3. The molecule has 1 heterocycles. The van der Waals surface area contributed by atoms with Gasteiger partial charge in [-0.05, 0) is 20.8 Å². The SMILES string of the molecule is CC=CC=CC(=O)OCCC1=NC(C)(C)C(=O)O1. The second-order valence-corrected chi connectivity index (χ2v) is 4.26. The standard InChI is InChI=1S/C13H17NO4/c1-4-5-6-7-11(15)17-9-8-10-14-13(2,3)12(16)18-10/h4-7H,8-9H2,1-3H3. The smallest absolute Gasteiger partial charge is 0.340 e. The third-order valence-electron chi connectivity index (χ3n) is 2.21. The second-order valence-electron chi connectivity index (χ2n) is 4.26. The van der Waals surface area contributed by atoms with Crippen molar-refractivity contribution in [2.24, 2.45) is 4.99 Å². The normalized spacial score (nSPS) is 18.2. The predicted octanol–water partition coefficient (Wildman–Crippen LogP) is 1.79. The first-order chi connectivity index (χ1) is 8.45. The van der Waals surface area contributed by atoms with E-state index in [1.807, 2.05) is 6.92 Å². The molecule has 0 aromatic heterocycles. The summed E-state index contributed by atoms with van der Waals surface area (Å²) < 4.78 is 9.87. The molecule has 0 spiro atoms. The van der Waals surface area contributed by atoms with Gasteiger partial charge < -0.3 is 9.47 Å². The van der Waals surface area contributed by atoms with Crippen LogP contribution in [0.2, 0.25) is 0 Å². The lowest BCUT2D eigenvalue weighted by Gasteiger charge is -2.05. The van der Waals surface area contributed by atoms with E-state index in [4.69, 9.17) is 9.47 Å². The molecule has 0 aromatic rings. The molecule has 0 aromatic carbocycles. The Labute approximate surface area is 106 Å². The Kier molecular flexibility index (Phi) is 4.83. The first-order valence-corrected chi connectivity index (χ1v) is 5.73. The molecule has 0 N–H and O–H groups in total. The molecular formula is C13H17NO4. The van der Waals surface area contributed by atoms with Crippen molar-refractivity contribution in [3.63, 3.8) is 0 Å². The minimum absolute atomic E-state index is 0.140. The largest absolute Gasteiger partial charge is 0.462 e. The number of carbonyl (C=O) groups excluding carboxylic acids is 2. The van der Waals surface area contributed by atoms with E-state index in [1.54, 1.807) is 32.1 Å². The van der Waals surface area contributed by atoms with Gasteiger partial charge in [0.05, 0.1) is 6.42 Å². The summed E-state index contributed by atoms with van der Waals surface area (Å²) in [5, 5.41) is 0. The first kappa shape index (κ1) is 14.2. The van der Waals surface area contributed by atoms with Gasteiger partial charge in [0.2, 0.25) is 0 Å². The highest BCUT2D eigenvalue weighted by molar-refractivity contribution is 5.99. The van der Waals surface area contributed by atoms with E-state index in [9.17, 15) is 9.59 Å². The number of aliphatic imine (C=N–C) groups is 1. The van der Waals surface area contributed by atoms with E-state index in [0.717, 1.165) is 0 Å². The summed E-state index contributed by atoms with van der Waals surface area (Å²) in [6.07, 6.45) is 6.76. The molecule has 0 unspecified atom stereocenters. The molecule has 1 rings (SSSR count). The van der Waals surface area contributed by atoms with Gasteiger partial charge in [-0.1, -0.05) is 18.2 Å². The van der Waals surface area contributed by atoms with E-state index in [2.05, 4.69) is 4.99 Å². The van der Waals surface area contributed by atoms with Crippen LogP contribution in [0.15, 0.2) is 29.3 Å². The Morgan fingerprint density at radius 2 is 2.17 bits per heavy atom. The molecule has 1 aliphatic rings. The quantitative estimate of drug-likeness (QED) is 0.424. The highest BCUT2D eigenvalue weighted by Crippen LogP contribution is 2.19. The lowest BCUT2D eigenvalue weighted by atomic mass is 10.1. The number of ether oxygens (including phenoxy) is 2. The minimum atomic E-state index is -0.828. The van der Waals surface area contributed by atoms with Gasteiger partial charge >= 0.3 is 11.9 Å². The summed E-state index contributed by atoms with van der Waals surface area (Å²) in [7, 11) is 0.